The summed E-state index contributed by atoms with van der Waals surface area (Å²) in [5.41, 5.74) is 2.41. The maximum absolute atomic E-state index is 14.2. The molecule has 0 radical (unpaired) electrons. The lowest BCUT2D eigenvalue weighted by Crippen LogP contribution is -2.66. The molecule has 5 N–H and O–H groups in total. The monoisotopic (exact) mass is 562 g/mol. The normalized spacial score (nSPS) is 18.8. The van der Waals surface area contributed by atoms with Gasteiger partial charge in [-0.1, -0.05) is 82.6 Å². The lowest BCUT2D eigenvalue weighted by Gasteiger charge is -2.41. The smallest absolute Gasteiger partial charge is 0.408 e. The number of carbonyl (C=O) groups is 3. The molecule has 0 saturated heterocycles. The van der Waals surface area contributed by atoms with Crippen molar-refractivity contribution in [3.8, 4) is 0 Å². The zero-order valence-electron chi connectivity index (χ0n) is 24.3. The quantitative estimate of drug-likeness (QED) is 0.238. The van der Waals surface area contributed by atoms with E-state index in [0.29, 0.717) is 19.3 Å². The van der Waals surface area contributed by atoms with Crippen LogP contribution in [0.5, 0.6) is 0 Å². The van der Waals surface area contributed by atoms with Gasteiger partial charge in [0.15, 0.2) is 0 Å². The number of fused-ring (bicyclic) bond motifs is 3. The predicted molar refractivity (Wildman–Crippen MR) is 158 cm³/mol. The maximum atomic E-state index is 14.2. The van der Waals surface area contributed by atoms with Crippen molar-refractivity contribution >= 4 is 28.8 Å². The number of para-hydroxylation sites is 1. The number of nitrogens with one attached hydrogen (secondary N) is 3. The van der Waals surface area contributed by atoms with Crippen LogP contribution in [0.3, 0.4) is 0 Å². The first-order valence-corrected chi connectivity index (χ1v) is 14.5. The van der Waals surface area contributed by atoms with Crippen molar-refractivity contribution in [2.75, 3.05) is 6.61 Å². The van der Waals surface area contributed by atoms with E-state index in [1.807, 2.05) is 82.3 Å². The van der Waals surface area contributed by atoms with Gasteiger partial charge < -0.3 is 25.8 Å². The highest BCUT2D eigenvalue weighted by Gasteiger charge is 2.47. The van der Waals surface area contributed by atoms with Crippen molar-refractivity contribution in [1.29, 1.82) is 0 Å². The van der Waals surface area contributed by atoms with Crippen LogP contribution in [0.1, 0.15) is 57.4 Å². The summed E-state index contributed by atoms with van der Waals surface area (Å²) in [5, 5.41) is 27.3. The van der Waals surface area contributed by atoms with Crippen molar-refractivity contribution in [3.05, 3.63) is 71.4 Å². The van der Waals surface area contributed by atoms with Crippen molar-refractivity contribution in [1.82, 2.24) is 20.5 Å². The minimum Gasteiger partial charge on any atom is -0.465 e. The number of hydrogen-bond acceptors (Lipinski definition) is 4. The van der Waals surface area contributed by atoms with Crippen molar-refractivity contribution in [3.63, 3.8) is 0 Å². The molecule has 0 aliphatic heterocycles. The number of carboxylic acid groups (broad SMARTS) is 1. The molecule has 1 aliphatic rings. The molecule has 41 heavy (non-hydrogen) atoms. The molecule has 0 bridgehead atoms. The van der Waals surface area contributed by atoms with Gasteiger partial charge in [-0.25, -0.2) is 4.79 Å². The average Bonchev–Trinajstić information content (AvgIpc) is 3.33. The van der Waals surface area contributed by atoms with Crippen LogP contribution in [0, 0.1) is 11.8 Å². The summed E-state index contributed by atoms with van der Waals surface area (Å²) in [6.07, 6.45) is 0.487. The number of nitrogens with zero attached hydrogens (tertiary/aromatic N) is 1. The Morgan fingerprint density at radius 3 is 2.37 bits per heavy atom. The Bertz CT molecular complexity index is 1370. The van der Waals surface area contributed by atoms with E-state index in [1.54, 1.807) is 0 Å². The fraction of sp³-hybridized carbons (Fsp3) is 0.469. The first-order valence-electron chi connectivity index (χ1n) is 14.5. The van der Waals surface area contributed by atoms with Gasteiger partial charge in [0.1, 0.15) is 11.6 Å². The predicted octanol–water partition coefficient (Wildman–Crippen LogP) is 4.24. The Balaban J connectivity index is 1.73. The van der Waals surface area contributed by atoms with Gasteiger partial charge in [-0.15, -0.1) is 0 Å². The highest BCUT2D eigenvalue weighted by Crippen LogP contribution is 2.35. The number of aryl methyl sites for hydroxylation is 1. The SMILES string of the molecule is CC[C@H](C)[C@@H](C(=O)N[C@]1(C(=O)N[C@H](CO)C(C)C)CCc2[nH]c3ccccc3c2C1)N(Cc1ccccc1)C(=O)O. The summed E-state index contributed by atoms with van der Waals surface area (Å²) in [7, 11) is 0. The lowest BCUT2D eigenvalue weighted by molar-refractivity contribution is -0.138. The number of benzene rings is 2. The van der Waals surface area contributed by atoms with Crippen molar-refractivity contribution < 1.29 is 24.6 Å². The first kappa shape index (κ1) is 30.1. The van der Waals surface area contributed by atoms with E-state index in [2.05, 4.69) is 15.6 Å². The third-order valence-corrected chi connectivity index (χ3v) is 8.53. The van der Waals surface area contributed by atoms with E-state index < -0.39 is 29.6 Å². The Hall–Kier alpha value is -3.85. The molecule has 0 unspecified atom stereocenters. The van der Waals surface area contributed by atoms with Gasteiger partial charge in [-0.3, -0.25) is 14.5 Å². The van der Waals surface area contributed by atoms with Gasteiger partial charge >= 0.3 is 6.09 Å². The van der Waals surface area contributed by atoms with E-state index in [1.165, 1.54) is 4.90 Å². The Morgan fingerprint density at radius 2 is 1.73 bits per heavy atom. The summed E-state index contributed by atoms with van der Waals surface area (Å²) >= 11 is 0. The van der Waals surface area contributed by atoms with Crippen molar-refractivity contribution in [2.24, 2.45) is 11.8 Å². The minimum atomic E-state index is -1.32. The van der Waals surface area contributed by atoms with E-state index in [0.717, 1.165) is 27.7 Å². The molecule has 1 aromatic heterocycles. The number of aromatic nitrogens is 1. The third kappa shape index (κ3) is 6.40. The van der Waals surface area contributed by atoms with Crippen LogP contribution in [0.25, 0.3) is 10.9 Å². The molecule has 1 heterocycles. The highest BCUT2D eigenvalue weighted by atomic mass is 16.4. The number of aliphatic hydroxyl groups excluding tert-OH is 1. The van der Waals surface area contributed by atoms with Gasteiger partial charge in [-0.2, -0.15) is 0 Å². The summed E-state index contributed by atoms with van der Waals surface area (Å²) in [6.45, 7) is 7.42. The number of hydrogen-bond donors (Lipinski definition) is 5. The van der Waals surface area contributed by atoms with Gasteiger partial charge in [0.05, 0.1) is 12.6 Å². The second kappa shape index (κ2) is 12.8. The number of aliphatic hydroxyl groups is 1. The van der Waals surface area contributed by atoms with Crippen LogP contribution in [0.4, 0.5) is 4.79 Å². The molecule has 220 valence electrons. The maximum Gasteiger partial charge on any atom is 0.408 e. The summed E-state index contributed by atoms with van der Waals surface area (Å²) in [5.74, 6) is -1.20. The zero-order valence-corrected chi connectivity index (χ0v) is 24.3. The molecule has 1 aliphatic carbocycles. The molecule has 0 saturated carbocycles. The molecule has 2 aromatic carbocycles. The summed E-state index contributed by atoms with van der Waals surface area (Å²) in [4.78, 5) is 45.5. The molecule has 3 aromatic rings. The average molecular weight is 563 g/mol. The van der Waals surface area contributed by atoms with Crippen LogP contribution >= 0.6 is 0 Å². The molecule has 9 heteroatoms. The van der Waals surface area contributed by atoms with Crippen LogP contribution < -0.4 is 10.6 Å². The fourth-order valence-corrected chi connectivity index (χ4v) is 5.79. The Morgan fingerprint density at radius 1 is 1.05 bits per heavy atom. The molecule has 4 atom stereocenters. The van der Waals surface area contributed by atoms with E-state index >= 15 is 0 Å². The Kier molecular flexibility index (Phi) is 9.38. The van der Waals surface area contributed by atoms with Gasteiger partial charge in [0.25, 0.3) is 0 Å². The molecular weight excluding hydrogens is 520 g/mol. The molecule has 4 rings (SSSR count). The summed E-state index contributed by atoms with van der Waals surface area (Å²) < 4.78 is 0. The topological polar surface area (TPSA) is 135 Å². The van der Waals surface area contributed by atoms with Gasteiger partial charge in [0.2, 0.25) is 11.8 Å². The van der Waals surface area contributed by atoms with E-state index in [9.17, 15) is 24.6 Å². The largest absolute Gasteiger partial charge is 0.465 e. The minimum absolute atomic E-state index is 0.0230. The highest BCUT2D eigenvalue weighted by molar-refractivity contribution is 5.96. The number of H-pyrrole nitrogens is 1. The van der Waals surface area contributed by atoms with Crippen LogP contribution in [-0.4, -0.2) is 62.2 Å². The molecule has 9 nitrogen and oxygen atoms in total. The van der Waals surface area contributed by atoms with Gasteiger partial charge in [-0.05, 0) is 41.9 Å². The molecule has 0 spiro atoms. The fourth-order valence-electron chi connectivity index (χ4n) is 5.79. The third-order valence-electron chi connectivity index (χ3n) is 8.53. The molecular formula is C32H42N4O5. The van der Waals surface area contributed by atoms with Crippen LogP contribution in [-0.2, 0) is 29.0 Å². The summed E-state index contributed by atoms with van der Waals surface area (Å²) in [6, 6.07) is 15.6. The van der Waals surface area contributed by atoms with E-state index in [4.69, 9.17) is 0 Å². The number of carbonyl (C=O) groups excluding carboxylic acids is 2. The lowest BCUT2D eigenvalue weighted by atomic mass is 9.78. The van der Waals surface area contributed by atoms with Crippen molar-refractivity contribution in [2.45, 2.75) is 77.5 Å². The number of rotatable bonds is 11. The second-order valence-electron chi connectivity index (χ2n) is 11.6. The molecule has 0 fully saturated rings. The molecule has 3 amide bonds. The van der Waals surface area contributed by atoms with E-state index in [-0.39, 0.29) is 37.3 Å². The number of aromatic amines is 1. The zero-order chi connectivity index (χ0) is 29.7. The first-order chi connectivity index (χ1) is 19.6. The standard InChI is InChI=1S/C32H42N4O5/c1-5-21(4)28(36(31(40)41)18-22-11-7-6-8-12-22)29(38)35-32(30(39)34-27(19-37)20(2)3)16-15-26-24(17-32)23-13-9-10-14-25(23)33-26/h6-14,20-21,27-28,33,37H,5,15-19H2,1-4H3,(H,34,39)(H,35,38)(H,40,41)/t21-,27+,28-,32+/m0/s1. The van der Waals surface area contributed by atoms with Crippen LogP contribution in [0.15, 0.2) is 54.6 Å². The van der Waals surface area contributed by atoms with Gasteiger partial charge in [0, 0.05) is 29.6 Å². The number of amides is 3. The Labute approximate surface area is 241 Å². The van der Waals surface area contributed by atoms with Crippen LogP contribution in [0.2, 0.25) is 0 Å². The second-order valence-corrected chi connectivity index (χ2v) is 11.6.